The molecule has 1 fully saturated rings. The number of allylic oxidation sites excluding steroid dienone is 1. The SMILES string of the molecule is CCOC(=O)C(=O)CCCCC1CCN(OCc2ccccc2)C(=C=O)C1. The van der Waals surface area contributed by atoms with Crippen LogP contribution in [0.1, 0.15) is 51.0 Å². The van der Waals surface area contributed by atoms with Gasteiger partial charge in [-0.15, -0.1) is 0 Å². The van der Waals surface area contributed by atoms with Gasteiger partial charge in [0.25, 0.3) is 0 Å². The number of Topliss-reactive ketones (excluding diaryl/α,β-unsaturated/α-hetero) is 1. The van der Waals surface area contributed by atoms with Gasteiger partial charge in [0, 0.05) is 19.4 Å². The number of rotatable bonds is 10. The number of ketones is 1. The molecule has 0 saturated carbocycles. The first-order chi connectivity index (χ1) is 13.1. The Kier molecular flexibility index (Phi) is 8.75. The van der Waals surface area contributed by atoms with Crippen molar-refractivity contribution in [2.75, 3.05) is 13.2 Å². The van der Waals surface area contributed by atoms with E-state index in [0.717, 1.165) is 24.8 Å². The molecule has 1 heterocycles. The number of nitrogens with zero attached hydrogens (tertiary/aromatic N) is 1. The smallest absolute Gasteiger partial charge is 0.374 e. The molecule has 2 rings (SSSR count). The Balaban J connectivity index is 1.69. The third-order valence-corrected chi connectivity index (χ3v) is 4.64. The molecule has 1 aromatic rings. The van der Waals surface area contributed by atoms with Crippen LogP contribution in [-0.4, -0.2) is 35.9 Å². The lowest BCUT2D eigenvalue weighted by atomic mass is 9.90. The van der Waals surface area contributed by atoms with Crippen molar-refractivity contribution < 1.29 is 24.0 Å². The van der Waals surface area contributed by atoms with Crippen molar-refractivity contribution in [2.45, 2.75) is 52.1 Å². The van der Waals surface area contributed by atoms with E-state index >= 15 is 0 Å². The van der Waals surface area contributed by atoms with Gasteiger partial charge in [-0.1, -0.05) is 36.8 Å². The molecule has 1 aliphatic heterocycles. The van der Waals surface area contributed by atoms with Gasteiger partial charge in [-0.3, -0.25) is 9.63 Å². The van der Waals surface area contributed by atoms with E-state index < -0.39 is 11.8 Å². The number of hydrogen-bond donors (Lipinski definition) is 0. The number of hydroxylamine groups is 2. The van der Waals surface area contributed by atoms with Gasteiger partial charge in [0.15, 0.2) is 0 Å². The second-order valence-corrected chi connectivity index (χ2v) is 6.66. The van der Waals surface area contributed by atoms with Crippen LogP contribution in [0, 0.1) is 5.92 Å². The number of unbranched alkanes of at least 4 members (excludes halogenated alkanes) is 1. The van der Waals surface area contributed by atoms with Crippen molar-refractivity contribution >= 4 is 17.7 Å². The average molecular weight is 373 g/mol. The van der Waals surface area contributed by atoms with E-state index in [9.17, 15) is 14.4 Å². The third-order valence-electron chi connectivity index (χ3n) is 4.64. The van der Waals surface area contributed by atoms with Crippen molar-refractivity contribution in [3.05, 3.63) is 41.6 Å². The predicted octanol–water partition coefficient (Wildman–Crippen LogP) is 3.24. The second kappa shape index (κ2) is 11.3. The lowest BCUT2D eigenvalue weighted by Crippen LogP contribution is -2.32. The van der Waals surface area contributed by atoms with Gasteiger partial charge < -0.3 is 4.74 Å². The monoisotopic (exact) mass is 373 g/mol. The first-order valence-electron chi connectivity index (χ1n) is 9.52. The van der Waals surface area contributed by atoms with Crippen LogP contribution >= 0.6 is 0 Å². The normalized spacial score (nSPS) is 16.7. The lowest BCUT2D eigenvalue weighted by molar-refractivity contribution is -0.155. The summed E-state index contributed by atoms with van der Waals surface area (Å²) in [6.45, 7) is 2.98. The average Bonchev–Trinajstić information content (AvgIpc) is 2.70. The molecule has 1 aliphatic rings. The van der Waals surface area contributed by atoms with Crippen molar-refractivity contribution in [2.24, 2.45) is 5.92 Å². The molecule has 0 aromatic heterocycles. The van der Waals surface area contributed by atoms with Crippen molar-refractivity contribution in [1.29, 1.82) is 0 Å². The molecule has 0 aliphatic carbocycles. The van der Waals surface area contributed by atoms with Crippen LogP contribution in [0.15, 0.2) is 36.0 Å². The Morgan fingerprint density at radius 2 is 2.00 bits per heavy atom. The zero-order valence-corrected chi connectivity index (χ0v) is 15.8. The zero-order chi connectivity index (χ0) is 19.5. The Hall–Kier alpha value is -2.43. The van der Waals surface area contributed by atoms with E-state index in [1.54, 1.807) is 12.0 Å². The van der Waals surface area contributed by atoms with E-state index in [0.29, 0.717) is 37.6 Å². The maximum atomic E-state index is 11.6. The number of ether oxygens (including phenoxy) is 1. The molecule has 1 saturated heterocycles. The van der Waals surface area contributed by atoms with Gasteiger partial charge in [-0.05, 0) is 37.7 Å². The first kappa shape index (κ1) is 20.9. The molecule has 0 amide bonds. The van der Waals surface area contributed by atoms with Crippen LogP contribution in [-0.2, 0) is 30.6 Å². The molecule has 0 bridgehead atoms. The number of hydrogen-bond acceptors (Lipinski definition) is 6. The summed E-state index contributed by atoms with van der Waals surface area (Å²) in [5, 5.41) is 1.65. The van der Waals surface area contributed by atoms with Crippen LogP contribution in [0.4, 0.5) is 0 Å². The Labute approximate surface area is 160 Å². The van der Waals surface area contributed by atoms with Gasteiger partial charge in [-0.2, -0.15) is 0 Å². The number of esters is 1. The third kappa shape index (κ3) is 7.00. The van der Waals surface area contributed by atoms with Crippen LogP contribution in [0.25, 0.3) is 0 Å². The summed E-state index contributed by atoms with van der Waals surface area (Å²) in [7, 11) is 0. The highest BCUT2D eigenvalue weighted by atomic mass is 16.7. The van der Waals surface area contributed by atoms with Crippen molar-refractivity contribution in [1.82, 2.24) is 5.06 Å². The van der Waals surface area contributed by atoms with Gasteiger partial charge >= 0.3 is 5.97 Å². The Morgan fingerprint density at radius 3 is 2.70 bits per heavy atom. The van der Waals surface area contributed by atoms with Gasteiger partial charge in [0.1, 0.15) is 11.6 Å². The number of carbonyl (C=O) groups excluding carboxylic acids is 3. The second-order valence-electron chi connectivity index (χ2n) is 6.66. The van der Waals surface area contributed by atoms with Gasteiger partial charge in [-0.25, -0.2) is 14.7 Å². The number of carbonyl (C=O) groups is 2. The molecule has 1 unspecified atom stereocenters. The first-order valence-corrected chi connectivity index (χ1v) is 9.52. The fourth-order valence-electron chi connectivity index (χ4n) is 3.15. The quantitative estimate of drug-likeness (QED) is 0.271. The largest absolute Gasteiger partial charge is 0.460 e. The standard InChI is InChI=1S/C21H27NO5/c1-2-26-21(25)20(24)11-7-6-8-17-12-13-22(19(14-17)15-23)27-16-18-9-4-3-5-10-18/h3-5,9-10,17H,2,6-8,11-14,16H2,1H3. The molecule has 27 heavy (non-hydrogen) atoms. The Bertz CT molecular complexity index is 666. The molecular formula is C21H27NO5. The minimum atomic E-state index is -0.743. The van der Waals surface area contributed by atoms with Crippen LogP contribution in [0.2, 0.25) is 0 Å². The fraction of sp³-hybridized carbons (Fsp3) is 0.524. The minimum Gasteiger partial charge on any atom is -0.460 e. The van der Waals surface area contributed by atoms with Crippen molar-refractivity contribution in [3.8, 4) is 0 Å². The Morgan fingerprint density at radius 1 is 1.22 bits per heavy atom. The lowest BCUT2D eigenvalue weighted by Gasteiger charge is -2.32. The van der Waals surface area contributed by atoms with Crippen LogP contribution in [0.5, 0.6) is 0 Å². The fourth-order valence-corrected chi connectivity index (χ4v) is 3.15. The summed E-state index contributed by atoms with van der Waals surface area (Å²) in [6, 6.07) is 9.82. The van der Waals surface area contributed by atoms with Gasteiger partial charge in [0.05, 0.1) is 13.2 Å². The van der Waals surface area contributed by atoms with Crippen LogP contribution < -0.4 is 0 Å². The molecule has 1 aromatic carbocycles. The summed E-state index contributed by atoms with van der Waals surface area (Å²) >= 11 is 0. The van der Waals surface area contributed by atoms with E-state index in [1.807, 2.05) is 36.3 Å². The summed E-state index contributed by atoms with van der Waals surface area (Å²) in [6.07, 6.45) is 4.17. The maximum Gasteiger partial charge on any atom is 0.374 e. The molecule has 0 radical (unpaired) electrons. The maximum absolute atomic E-state index is 11.6. The molecule has 6 heteroatoms. The highest BCUT2D eigenvalue weighted by Crippen LogP contribution is 2.29. The van der Waals surface area contributed by atoms with Crippen molar-refractivity contribution in [3.63, 3.8) is 0 Å². The summed E-state index contributed by atoms with van der Waals surface area (Å²) in [5.74, 6) is 1.17. The molecule has 0 N–H and O–H groups in total. The molecule has 146 valence electrons. The molecule has 1 atom stereocenters. The van der Waals surface area contributed by atoms with Crippen LogP contribution in [0.3, 0.4) is 0 Å². The van der Waals surface area contributed by atoms with E-state index in [4.69, 9.17) is 9.57 Å². The summed E-state index contributed by atoms with van der Waals surface area (Å²) in [5.41, 5.74) is 1.60. The number of benzene rings is 1. The van der Waals surface area contributed by atoms with E-state index in [1.165, 1.54) is 0 Å². The predicted molar refractivity (Wildman–Crippen MR) is 100.0 cm³/mol. The summed E-state index contributed by atoms with van der Waals surface area (Å²) < 4.78 is 4.69. The summed E-state index contributed by atoms with van der Waals surface area (Å²) in [4.78, 5) is 39.9. The molecular weight excluding hydrogens is 346 g/mol. The van der Waals surface area contributed by atoms with E-state index in [2.05, 4.69) is 0 Å². The molecule has 6 nitrogen and oxygen atoms in total. The van der Waals surface area contributed by atoms with E-state index in [-0.39, 0.29) is 13.0 Å². The van der Waals surface area contributed by atoms with Gasteiger partial charge in [0.2, 0.25) is 5.78 Å². The molecule has 0 spiro atoms. The topological polar surface area (TPSA) is 72.9 Å². The minimum absolute atomic E-state index is 0.217. The number of piperidine rings is 1. The zero-order valence-electron chi connectivity index (χ0n) is 15.8. The highest BCUT2D eigenvalue weighted by molar-refractivity contribution is 6.33. The highest BCUT2D eigenvalue weighted by Gasteiger charge is 2.24.